The third-order valence-electron chi connectivity index (χ3n) is 2.78. The quantitative estimate of drug-likeness (QED) is 0.800. The molecular weight excluding hydrogens is 221 g/mol. The van der Waals surface area contributed by atoms with E-state index in [-0.39, 0.29) is 18.3 Å². The Balaban J connectivity index is 2.74. The molecule has 0 aromatic heterocycles. The highest BCUT2D eigenvalue weighted by molar-refractivity contribution is 5.74. The Morgan fingerprint density at radius 2 is 2.12 bits per heavy atom. The molecule has 1 aromatic carbocycles. The Morgan fingerprint density at radius 3 is 2.65 bits per heavy atom. The molecule has 0 saturated carbocycles. The monoisotopic (exact) mass is 239 g/mol. The molecule has 0 saturated heterocycles. The van der Waals surface area contributed by atoms with Crippen LogP contribution in [-0.2, 0) is 11.2 Å². The van der Waals surface area contributed by atoms with E-state index in [1.165, 1.54) is 6.07 Å². The average molecular weight is 239 g/mol. The van der Waals surface area contributed by atoms with Crippen LogP contribution in [0.15, 0.2) is 24.3 Å². The van der Waals surface area contributed by atoms with Gasteiger partial charge in [-0.3, -0.25) is 4.79 Å². The highest BCUT2D eigenvalue weighted by Crippen LogP contribution is 2.10. The molecule has 1 rings (SSSR count). The summed E-state index contributed by atoms with van der Waals surface area (Å²) in [5.41, 5.74) is 0.427. The zero-order chi connectivity index (χ0) is 12.8. The lowest BCUT2D eigenvalue weighted by atomic mass is 10.0. The number of halogens is 1. The molecule has 94 valence electrons. The SMILES string of the molecule is CCC(C)N[C@@H](Cc1ccccc1F)C(=O)O. The Labute approximate surface area is 101 Å². The molecule has 2 atom stereocenters. The maximum Gasteiger partial charge on any atom is 0.321 e. The van der Waals surface area contributed by atoms with Crippen LogP contribution >= 0.6 is 0 Å². The minimum atomic E-state index is -0.950. The lowest BCUT2D eigenvalue weighted by molar-refractivity contribution is -0.139. The van der Waals surface area contributed by atoms with Crippen molar-refractivity contribution >= 4 is 5.97 Å². The van der Waals surface area contributed by atoms with Gasteiger partial charge in [0.1, 0.15) is 11.9 Å². The zero-order valence-electron chi connectivity index (χ0n) is 10.1. The molecule has 0 aliphatic rings. The van der Waals surface area contributed by atoms with Gasteiger partial charge in [-0.05, 0) is 25.0 Å². The van der Waals surface area contributed by atoms with Crippen molar-refractivity contribution in [3.63, 3.8) is 0 Å². The van der Waals surface area contributed by atoms with E-state index < -0.39 is 12.0 Å². The molecule has 0 radical (unpaired) electrons. The van der Waals surface area contributed by atoms with Crippen molar-refractivity contribution in [3.8, 4) is 0 Å². The normalized spacial score (nSPS) is 14.3. The zero-order valence-corrected chi connectivity index (χ0v) is 10.1. The summed E-state index contributed by atoms with van der Waals surface area (Å²) in [7, 11) is 0. The lowest BCUT2D eigenvalue weighted by Gasteiger charge is -2.19. The molecule has 0 heterocycles. The van der Waals surface area contributed by atoms with Gasteiger partial charge in [-0.1, -0.05) is 25.1 Å². The Morgan fingerprint density at radius 1 is 1.47 bits per heavy atom. The van der Waals surface area contributed by atoms with E-state index in [1.54, 1.807) is 18.2 Å². The minimum Gasteiger partial charge on any atom is -0.480 e. The van der Waals surface area contributed by atoms with E-state index in [2.05, 4.69) is 5.32 Å². The standard InChI is InChI=1S/C13H18FNO2/c1-3-9(2)15-12(13(16)17)8-10-6-4-5-7-11(10)14/h4-7,9,12,15H,3,8H2,1-2H3,(H,16,17)/t9?,12-/m0/s1. The van der Waals surface area contributed by atoms with Gasteiger partial charge in [0.05, 0.1) is 0 Å². The van der Waals surface area contributed by atoms with Crippen LogP contribution in [-0.4, -0.2) is 23.2 Å². The fraction of sp³-hybridized carbons (Fsp3) is 0.462. The second-order valence-corrected chi connectivity index (χ2v) is 4.16. The van der Waals surface area contributed by atoms with E-state index in [9.17, 15) is 9.18 Å². The fourth-order valence-electron chi connectivity index (χ4n) is 1.56. The van der Waals surface area contributed by atoms with Crippen LogP contribution in [0.1, 0.15) is 25.8 Å². The van der Waals surface area contributed by atoms with E-state index in [0.717, 1.165) is 6.42 Å². The van der Waals surface area contributed by atoms with Crippen molar-refractivity contribution in [3.05, 3.63) is 35.6 Å². The second-order valence-electron chi connectivity index (χ2n) is 4.16. The Bertz CT molecular complexity index is 381. The van der Waals surface area contributed by atoms with Gasteiger partial charge in [0, 0.05) is 12.5 Å². The smallest absolute Gasteiger partial charge is 0.321 e. The summed E-state index contributed by atoms with van der Waals surface area (Å²) in [4.78, 5) is 11.1. The van der Waals surface area contributed by atoms with E-state index in [0.29, 0.717) is 5.56 Å². The van der Waals surface area contributed by atoms with Gasteiger partial charge in [0.2, 0.25) is 0 Å². The Kier molecular flexibility index (Phi) is 5.10. The molecule has 0 aliphatic carbocycles. The molecule has 0 bridgehead atoms. The molecule has 0 fully saturated rings. The summed E-state index contributed by atoms with van der Waals surface area (Å²) >= 11 is 0. The van der Waals surface area contributed by atoms with Gasteiger partial charge < -0.3 is 10.4 Å². The maximum atomic E-state index is 13.4. The van der Waals surface area contributed by atoms with Gasteiger partial charge in [0.25, 0.3) is 0 Å². The van der Waals surface area contributed by atoms with E-state index in [1.807, 2.05) is 13.8 Å². The van der Waals surface area contributed by atoms with Crippen molar-refractivity contribution in [2.45, 2.75) is 38.8 Å². The van der Waals surface area contributed by atoms with Crippen molar-refractivity contribution in [2.24, 2.45) is 0 Å². The first-order valence-electron chi connectivity index (χ1n) is 5.76. The number of aliphatic carboxylic acids is 1. The predicted octanol–water partition coefficient (Wildman–Crippen LogP) is 2.21. The van der Waals surface area contributed by atoms with E-state index >= 15 is 0 Å². The van der Waals surface area contributed by atoms with Gasteiger partial charge in [-0.25, -0.2) is 4.39 Å². The third kappa shape index (κ3) is 4.15. The number of rotatable bonds is 6. The van der Waals surface area contributed by atoms with Crippen molar-refractivity contribution in [1.29, 1.82) is 0 Å². The number of benzene rings is 1. The maximum absolute atomic E-state index is 13.4. The van der Waals surface area contributed by atoms with Crippen LogP contribution in [0.4, 0.5) is 4.39 Å². The van der Waals surface area contributed by atoms with Crippen molar-refractivity contribution < 1.29 is 14.3 Å². The van der Waals surface area contributed by atoms with E-state index in [4.69, 9.17) is 5.11 Å². The molecule has 1 unspecified atom stereocenters. The van der Waals surface area contributed by atoms with Crippen LogP contribution < -0.4 is 5.32 Å². The first kappa shape index (κ1) is 13.6. The summed E-state index contributed by atoms with van der Waals surface area (Å²) in [5.74, 6) is -1.31. The fourth-order valence-corrected chi connectivity index (χ4v) is 1.56. The summed E-state index contributed by atoms with van der Waals surface area (Å²) in [6.45, 7) is 3.89. The third-order valence-corrected chi connectivity index (χ3v) is 2.78. The lowest BCUT2D eigenvalue weighted by Crippen LogP contribution is -2.43. The highest BCUT2D eigenvalue weighted by Gasteiger charge is 2.20. The molecule has 17 heavy (non-hydrogen) atoms. The first-order chi connectivity index (χ1) is 8.04. The van der Waals surface area contributed by atoms with Crippen LogP contribution in [0.25, 0.3) is 0 Å². The molecule has 0 amide bonds. The number of hydrogen-bond acceptors (Lipinski definition) is 2. The van der Waals surface area contributed by atoms with Gasteiger partial charge >= 0.3 is 5.97 Å². The van der Waals surface area contributed by atoms with Gasteiger partial charge in [-0.2, -0.15) is 0 Å². The van der Waals surface area contributed by atoms with Crippen LogP contribution in [0.5, 0.6) is 0 Å². The number of carbonyl (C=O) groups is 1. The molecule has 0 spiro atoms. The average Bonchev–Trinajstić information content (AvgIpc) is 2.30. The predicted molar refractivity (Wildman–Crippen MR) is 64.4 cm³/mol. The van der Waals surface area contributed by atoms with Gasteiger partial charge in [-0.15, -0.1) is 0 Å². The van der Waals surface area contributed by atoms with Crippen molar-refractivity contribution in [1.82, 2.24) is 5.32 Å². The summed E-state index contributed by atoms with van der Waals surface area (Å²) in [6, 6.07) is 5.61. The van der Waals surface area contributed by atoms with Crippen LogP contribution in [0.3, 0.4) is 0 Å². The first-order valence-corrected chi connectivity index (χ1v) is 5.76. The van der Waals surface area contributed by atoms with Gasteiger partial charge in [0.15, 0.2) is 0 Å². The summed E-state index contributed by atoms with van der Waals surface area (Å²) in [5, 5.41) is 12.1. The highest BCUT2D eigenvalue weighted by atomic mass is 19.1. The number of nitrogens with one attached hydrogen (secondary N) is 1. The molecule has 0 aliphatic heterocycles. The minimum absolute atomic E-state index is 0.0999. The number of hydrogen-bond donors (Lipinski definition) is 2. The second kappa shape index (κ2) is 6.35. The summed E-state index contributed by atoms with van der Waals surface area (Å²) < 4.78 is 13.4. The topological polar surface area (TPSA) is 49.3 Å². The molecule has 1 aromatic rings. The van der Waals surface area contributed by atoms with Crippen LogP contribution in [0, 0.1) is 5.82 Å². The molecule has 3 nitrogen and oxygen atoms in total. The molecule has 2 N–H and O–H groups in total. The number of carboxylic acids is 1. The number of carboxylic acid groups (broad SMARTS) is 1. The summed E-state index contributed by atoms with van der Waals surface area (Å²) in [6.07, 6.45) is 0.993. The largest absolute Gasteiger partial charge is 0.480 e. The Hall–Kier alpha value is -1.42. The van der Waals surface area contributed by atoms with Crippen molar-refractivity contribution in [2.75, 3.05) is 0 Å². The molecular formula is C13H18FNO2. The van der Waals surface area contributed by atoms with Crippen LogP contribution in [0.2, 0.25) is 0 Å². The molecule has 4 heteroatoms.